The third kappa shape index (κ3) is 6.41. The van der Waals surface area contributed by atoms with Crippen molar-refractivity contribution in [2.24, 2.45) is 0 Å². The summed E-state index contributed by atoms with van der Waals surface area (Å²) in [5.74, 6) is -0.0971. The summed E-state index contributed by atoms with van der Waals surface area (Å²) in [5.41, 5.74) is 3.13. The maximum atomic E-state index is 12.9. The minimum Gasteiger partial charge on any atom is -0.493 e. The maximum Gasteiger partial charge on any atom is 0.329 e. The van der Waals surface area contributed by atoms with Crippen LogP contribution in [0.1, 0.15) is 16.7 Å². The number of halogens is 2. The van der Waals surface area contributed by atoms with Crippen LogP contribution in [0.3, 0.4) is 0 Å². The van der Waals surface area contributed by atoms with Crippen LogP contribution in [-0.4, -0.2) is 36.4 Å². The van der Waals surface area contributed by atoms with Crippen molar-refractivity contribution in [2.75, 3.05) is 19.0 Å². The van der Waals surface area contributed by atoms with Crippen molar-refractivity contribution in [1.29, 1.82) is 0 Å². The molecule has 190 valence electrons. The predicted octanol–water partition coefficient (Wildman–Crippen LogP) is 5.37. The number of methoxy groups -OCH3 is 1. The Morgan fingerprint density at radius 1 is 1.14 bits per heavy atom. The molecule has 0 atom stereocenters. The van der Waals surface area contributed by atoms with Crippen LogP contribution < -0.4 is 20.1 Å². The molecule has 37 heavy (non-hydrogen) atoms. The molecule has 8 nitrogen and oxygen atoms in total. The standard InChI is InChI=1S/C27H23ClIN3O5/c1-16-7-9-19(10-8-16)30-24(33)14-32-26(34)22(31-27(32)35)12-17-11-21(29)25(23(13-17)36-2)37-15-18-5-3-4-6-20(18)28/h3-13H,14-15H2,1-2H3,(H,30,33)(H,31,35)/b22-12+. The molecule has 0 bridgehead atoms. The van der Waals surface area contributed by atoms with E-state index < -0.39 is 24.4 Å². The van der Waals surface area contributed by atoms with Gasteiger partial charge in [-0.1, -0.05) is 47.5 Å². The van der Waals surface area contributed by atoms with Gasteiger partial charge in [0.15, 0.2) is 11.5 Å². The monoisotopic (exact) mass is 631 g/mol. The number of hydrogen-bond acceptors (Lipinski definition) is 5. The van der Waals surface area contributed by atoms with E-state index in [2.05, 4.69) is 33.2 Å². The van der Waals surface area contributed by atoms with Crippen LogP contribution in [0.5, 0.6) is 11.5 Å². The summed E-state index contributed by atoms with van der Waals surface area (Å²) in [6.45, 7) is 1.77. The minimum absolute atomic E-state index is 0.0516. The highest BCUT2D eigenvalue weighted by Gasteiger charge is 2.35. The molecule has 3 aromatic rings. The van der Waals surface area contributed by atoms with Crippen molar-refractivity contribution in [2.45, 2.75) is 13.5 Å². The number of nitrogens with one attached hydrogen (secondary N) is 2. The summed E-state index contributed by atoms with van der Waals surface area (Å²) in [6, 6.07) is 17.4. The number of carbonyl (C=O) groups excluding carboxylic acids is 3. The Kier molecular flexibility index (Phi) is 8.34. The van der Waals surface area contributed by atoms with Crippen molar-refractivity contribution >= 4 is 63.8 Å². The molecular formula is C27H23ClIN3O5. The number of rotatable bonds is 8. The number of hydrogen-bond donors (Lipinski definition) is 2. The molecule has 3 aromatic carbocycles. The molecule has 1 aliphatic heterocycles. The van der Waals surface area contributed by atoms with Gasteiger partial charge in [0.05, 0.1) is 10.7 Å². The number of amides is 4. The normalized spacial score (nSPS) is 14.1. The molecular weight excluding hydrogens is 609 g/mol. The molecule has 0 spiro atoms. The lowest BCUT2D eigenvalue weighted by Crippen LogP contribution is -2.38. The molecule has 0 saturated carbocycles. The van der Waals surface area contributed by atoms with E-state index in [0.717, 1.165) is 19.6 Å². The molecule has 1 fully saturated rings. The average molecular weight is 632 g/mol. The molecule has 2 N–H and O–H groups in total. The summed E-state index contributed by atoms with van der Waals surface area (Å²) < 4.78 is 12.2. The lowest BCUT2D eigenvalue weighted by atomic mass is 10.1. The zero-order valence-electron chi connectivity index (χ0n) is 20.0. The lowest BCUT2D eigenvalue weighted by Gasteiger charge is -2.14. The smallest absolute Gasteiger partial charge is 0.329 e. The fourth-order valence-corrected chi connectivity index (χ4v) is 4.56. The van der Waals surface area contributed by atoms with Crippen LogP contribution in [0.15, 0.2) is 66.4 Å². The van der Waals surface area contributed by atoms with Gasteiger partial charge >= 0.3 is 6.03 Å². The lowest BCUT2D eigenvalue weighted by molar-refractivity contribution is -0.127. The predicted molar refractivity (Wildman–Crippen MR) is 150 cm³/mol. The van der Waals surface area contributed by atoms with E-state index in [-0.39, 0.29) is 12.3 Å². The van der Waals surface area contributed by atoms with Crippen molar-refractivity contribution in [3.63, 3.8) is 0 Å². The number of benzene rings is 3. The number of nitrogens with zero attached hydrogens (tertiary/aromatic N) is 1. The molecule has 4 amide bonds. The fourth-order valence-electron chi connectivity index (χ4n) is 3.59. The molecule has 0 radical (unpaired) electrons. The van der Waals surface area contributed by atoms with Gasteiger partial charge in [0, 0.05) is 16.3 Å². The molecule has 1 heterocycles. The van der Waals surface area contributed by atoms with Gasteiger partial charge < -0.3 is 20.1 Å². The van der Waals surface area contributed by atoms with Crippen LogP contribution in [-0.2, 0) is 16.2 Å². The molecule has 1 aliphatic rings. The molecule has 10 heteroatoms. The Balaban J connectivity index is 1.47. The molecule has 0 unspecified atom stereocenters. The van der Waals surface area contributed by atoms with E-state index in [0.29, 0.717) is 27.8 Å². The van der Waals surface area contributed by atoms with E-state index >= 15 is 0 Å². The first-order valence-electron chi connectivity index (χ1n) is 11.2. The van der Waals surface area contributed by atoms with Gasteiger partial charge in [0.2, 0.25) is 5.91 Å². The average Bonchev–Trinajstić information content (AvgIpc) is 3.12. The van der Waals surface area contributed by atoms with Gasteiger partial charge in [-0.15, -0.1) is 0 Å². The highest BCUT2D eigenvalue weighted by Crippen LogP contribution is 2.35. The summed E-state index contributed by atoms with van der Waals surface area (Å²) in [4.78, 5) is 38.6. The van der Waals surface area contributed by atoms with Gasteiger partial charge in [0.1, 0.15) is 18.8 Å². The minimum atomic E-state index is -0.670. The first-order valence-corrected chi connectivity index (χ1v) is 12.7. The van der Waals surface area contributed by atoms with E-state index in [1.165, 1.54) is 13.2 Å². The van der Waals surface area contributed by atoms with Gasteiger partial charge in [-0.25, -0.2) is 9.69 Å². The van der Waals surface area contributed by atoms with Gasteiger partial charge in [-0.05, 0) is 71.5 Å². The van der Waals surface area contributed by atoms with Crippen LogP contribution in [0.25, 0.3) is 6.08 Å². The van der Waals surface area contributed by atoms with Crippen LogP contribution in [0.2, 0.25) is 5.02 Å². The summed E-state index contributed by atoms with van der Waals surface area (Å²) in [6.07, 6.45) is 1.53. The second-order valence-electron chi connectivity index (χ2n) is 8.21. The Morgan fingerprint density at radius 2 is 1.86 bits per heavy atom. The van der Waals surface area contributed by atoms with E-state index in [9.17, 15) is 14.4 Å². The number of aryl methyl sites for hydroxylation is 1. The van der Waals surface area contributed by atoms with Crippen molar-refractivity contribution < 1.29 is 23.9 Å². The third-order valence-electron chi connectivity index (χ3n) is 5.49. The Labute approximate surface area is 232 Å². The van der Waals surface area contributed by atoms with Crippen LogP contribution in [0.4, 0.5) is 10.5 Å². The van der Waals surface area contributed by atoms with E-state index in [4.69, 9.17) is 21.1 Å². The fraction of sp³-hybridized carbons (Fsp3) is 0.148. The first kappa shape index (κ1) is 26.5. The van der Waals surface area contributed by atoms with E-state index in [1.807, 2.05) is 37.3 Å². The summed E-state index contributed by atoms with van der Waals surface area (Å²) in [5, 5.41) is 5.82. The summed E-state index contributed by atoms with van der Waals surface area (Å²) in [7, 11) is 1.52. The third-order valence-corrected chi connectivity index (χ3v) is 6.66. The number of ether oxygens (including phenoxy) is 2. The van der Waals surface area contributed by atoms with Crippen LogP contribution >= 0.6 is 34.2 Å². The Hall–Kier alpha value is -3.57. The Morgan fingerprint density at radius 3 is 2.57 bits per heavy atom. The quantitative estimate of drug-likeness (QED) is 0.198. The zero-order valence-corrected chi connectivity index (χ0v) is 22.9. The topological polar surface area (TPSA) is 97.0 Å². The molecule has 4 rings (SSSR count). The molecule has 0 aromatic heterocycles. The zero-order chi connectivity index (χ0) is 26.5. The summed E-state index contributed by atoms with van der Waals surface area (Å²) >= 11 is 8.33. The highest BCUT2D eigenvalue weighted by atomic mass is 127. The second-order valence-corrected chi connectivity index (χ2v) is 9.78. The van der Waals surface area contributed by atoms with Crippen molar-refractivity contribution in [3.8, 4) is 11.5 Å². The Bertz CT molecular complexity index is 1390. The van der Waals surface area contributed by atoms with Gasteiger partial charge in [-0.3, -0.25) is 9.59 Å². The van der Waals surface area contributed by atoms with E-state index in [1.54, 1.807) is 30.3 Å². The first-order chi connectivity index (χ1) is 17.7. The number of urea groups is 1. The largest absolute Gasteiger partial charge is 0.493 e. The van der Waals surface area contributed by atoms with Crippen LogP contribution in [0, 0.1) is 10.5 Å². The maximum absolute atomic E-state index is 12.9. The SMILES string of the molecule is COc1cc(/C=C2/NC(=O)N(CC(=O)Nc3ccc(C)cc3)C2=O)cc(I)c1OCc1ccccc1Cl. The highest BCUT2D eigenvalue weighted by molar-refractivity contribution is 14.1. The molecule has 0 aliphatic carbocycles. The van der Waals surface area contributed by atoms with Crippen molar-refractivity contribution in [1.82, 2.24) is 10.2 Å². The second kappa shape index (κ2) is 11.7. The molecule has 1 saturated heterocycles. The van der Waals surface area contributed by atoms with Gasteiger partial charge in [0.25, 0.3) is 5.91 Å². The number of carbonyl (C=O) groups is 3. The van der Waals surface area contributed by atoms with Crippen molar-refractivity contribution in [3.05, 3.63) is 91.6 Å². The van der Waals surface area contributed by atoms with Gasteiger partial charge in [-0.2, -0.15) is 0 Å². The number of anilines is 1. The number of imide groups is 1.